The van der Waals surface area contributed by atoms with Crippen molar-refractivity contribution in [2.24, 2.45) is 23.2 Å². The van der Waals surface area contributed by atoms with Crippen LogP contribution in [0.2, 0.25) is 0 Å². The van der Waals surface area contributed by atoms with Gasteiger partial charge in [-0.05, 0) is 60.6 Å². The van der Waals surface area contributed by atoms with E-state index in [2.05, 4.69) is 79.7 Å². The number of rotatable bonds is 7. The lowest BCUT2D eigenvalue weighted by atomic mass is 9.75. The fourth-order valence-electron chi connectivity index (χ4n) is 4.07. The molecule has 1 aliphatic carbocycles. The first kappa shape index (κ1) is 22.3. The van der Waals surface area contributed by atoms with Crippen LogP contribution < -0.4 is 4.74 Å². The van der Waals surface area contributed by atoms with Crippen LogP contribution in [-0.2, 0) is 4.74 Å². The van der Waals surface area contributed by atoms with Gasteiger partial charge in [0.25, 0.3) is 0 Å². The number of hydrogen-bond donors (Lipinski definition) is 0. The Kier molecular flexibility index (Phi) is 7.80. The van der Waals surface area contributed by atoms with Crippen molar-refractivity contribution in [1.29, 1.82) is 0 Å². The van der Waals surface area contributed by atoms with Gasteiger partial charge in [-0.2, -0.15) is 0 Å². The summed E-state index contributed by atoms with van der Waals surface area (Å²) < 4.78 is 13.1. The van der Waals surface area contributed by atoms with Gasteiger partial charge in [0.1, 0.15) is 5.75 Å². The zero-order chi connectivity index (χ0) is 20.2. The van der Waals surface area contributed by atoms with Crippen molar-refractivity contribution in [1.82, 2.24) is 0 Å². The molecule has 2 heteroatoms. The van der Waals surface area contributed by atoms with Gasteiger partial charge >= 0.3 is 0 Å². The summed E-state index contributed by atoms with van der Waals surface area (Å²) in [6.07, 6.45) is 4.95. The average molecular weight is 375 g/mol. The Labute approximate surface area is 168 Å². The molecule has 0 heterocycles. The van der Waals surface area contributed by atoms with E-state index in [-0.39, 0.29) is 17.8 Å². The normalized spacial score (nSPS) is 26.0. The Morgan fingerprint density at radius 1 is 1.04 bits per heavy atom. The van der Waals surface area contributed by atoms with Crippen molar-refractivity contribution in [2.45, 2.75) is 99.4 Å². The molecule has 0 aliphatic heterocycles. The van der Waals surface area contributed by atoms with E-state index in [1.54, 1.807) is 0 Å². The molecule has 0 amide bonds. The zero-order valence-electron chi connectivity index (χ0n) is 18.9. The van der Waals surface area contributed by atoms with Gasteiger partial charge in [-0.25, -0.2) is 0 Å². The van der Waals surface area contributed by atoms with Gasteiger partial charge in [0, 0.05) is 5.41 Å². The Hall–Kier alpha value is -1.02. The maximum atomic E-state index is 6.68. The molecule has 0 N–H and O–H groups in total. The van der Waals surface area contributed by atoms with Crippen molar-refractivity contribution >= 4 is 0 Å². The highest BCUT2D eigenvalue weighted by Gasteiger charge is 2.37. The van der Waals surface area contributed by atoms with Crippen molar-refractivity contribution in [3.8, 4) is 5.75 Å². The smallest absolute Gasteiger partial charge is 0.204 e. The van der Waals surface area contributed by atoms with E-state index >= 15 is 0 Å². The second-order valence-corrected chi connectivity index (χ2v) is 10.2. The number of ether oxygens (including phenoxy) is 2. The third-order valence-corrected chi connectivity index (χ3v) is 6.27. The molecule has 0 saturated heterocycles. The van der Waals surface area contributed by atoms with Gasteiger partial charge in [0.15, 0.2) is 0 Å². The van der Waals surface area contributed by atoms with Crippen LogP contribution in [0, 0.1) is 23.2 Å². The van der Waals surface area contributed by atoms with Crippen molar-refractivity contribution < 1.29 is 9.47 Å². The highest BCUT2D eigenvalue weighted by molar-refractivity contribution is 5.29. The SMILES string of the molecule is CCC(C)c1ccc(OC(OC2CC(C)CCC2C(C)C)C(C)(C)C)cc1. The summed E-state index contributed by atoms with van der Waals surface area (Å²) in [6, 6.07) is 8.60. The van der Waals surface area contributed by atoms with Gasteiger partial charge in [-0.3, -0.25) is 0 Å². The summed E-state index contributed by atoms with van der Waals surface area (Å²) >= 11 is 0. The highest BCUT2D eigenvalue weighted by Crippen LogP contribution is 2.38. The van der Waals surface area contributed by atoms with E-state index < -0.39 is 0 Å². The number of benzene rings is 1. The Morgan fingerprint density at radius 3 is 2.19 bits per heavy atom. The quantitative estimate of drug-likeness (QED) is 0.462. The third-order valence-electron chi connectivity index (χ3n) is 6.27. The molecule has 1 saturated carbocycles. The molecule has 1 aromatic rings. The molecule has 0 bridgehead atoms. The summed E-state index contributed by atoms with van der Waals surface area (Å²) in [5, 5.41) is 0. The lowest BCUT2D eigenvalue weighted by molar-refractivity contribution is -0.197. The fourth-order valence-corrected chi connectivity index (χ4v) is 4.07. The lowest BCUT2D eigenvalue weighted by Gasteiger charge is -2.41. The zero-order valence-corrected chi connectivity index (χ0v) is 18.9. The highest BCUT2D eigenvalue weighted by atomic mass is 16.7. The predicted molar refractivity (Wildman–Crippen MR) is 115 cm³/mol. The van der Waals surface area contributed by atoms with E-state index in [0.717, 1.165) is 24.5 Å². The molecule has 2 rings (SSSR count). The summed E-state index contributed by atoms with van der Waals surface area (Å²) in [5.41, 5.74) is 1.30. The van der Waals surface area contributed by atoms with Gasteiger partial charge in [-0.1, -0.05) is 73.9 Å². The first-order valence-corrected chi connectivity index (χ1v) is 11.0. The van der Waals surface area contributed by atoms with E-state index in [1.807, 2.05) is 0 Å². The molecule has 5 unspecified atom stereocenters. The lowest BCUT2D eigenvalue weighted by Crippen LogP contribution is -2.43. The van der Waals surface area contributed by atoms with Gasteiger partial charge in [-0.15, -0.1) is 0 Å². The second-order valence-electron chi connectivity index (χ2n) is 10.2. The Bertz CT molecular complexity index is 555. The maximum absolute atomic E-state index is 6.68. The van der Waals surface area contributed by atoms with Crippen molar-refractivity contribution in [3.05, 3.63) is 29.8 Å². The summed E-state index contributed by atoms with van der Waals surface area (Å²) in [7, 11) is 0. The molecular formula is C25H42O2. The summed E-state index contributed by atoms with van der Waals surface area (Å²) in [4.78, 5) is 0. The molecule has 1 fully saturated rings. The van der Waals surface area contributed by atoms with Crippen LogP contribution in [0.15, 0.2) is 24.3 Å². The second kappa shape index (κ2) is 9.45. The third kappa shape index (κ3) is 6.24. The van der Waals surface area contributed by atoms with Crippen LogP contribution in [0.1, 0.15) is 92.6 Å². The van der Waals surface area contributed by atoms with Crippen LogP contribution in [0.25, 0.3) is 0 Å². The largest absolute Gasteiger partial charge is 0.464 e. The first-order chi connectivity index (χ1) is 12.6. The average Bonchev–Trinajstić information content (AvgIpc) is 2.60. The molecule has 0 aromatic heterocycles. The van der Waals surface area contributed by atoms with Crippen molar-refractivity contribution in [3.63, 3.8) is 0 Å². The van der Waals surface area contributed by atoms with Crippen LogP contribution in [0.4, 0.5) is 0 Å². The molecule has 154 valence electrons. The van der Waals surface area contributed by atoms with Gasteiger partial charge in [0.2, 0.25) is 6.29 Å². The summed E-state index contributed by atoms with van der Waals surface area (Å²) in [6.45, 7) is 18.1. The van der Waals surface area contributed by atoms with Crippen LogP contribution >= 0.6 is 0 Å². The van der Waals surface area contributed by atoms with E-state index in [1.165, 1.54) is 18.4 Å². The van der Waals surface area contributed by atoms with Crippen LogP contribution in [-0.4, -0.2) is 12.4 Å². The monoisotopic (exact) mass is 374 g/mol. The van der Waals surface area contributed by atoms with Gasteiger partial charge < -0.3 is 9.47 Å². The molecule has 0 spiro atoms. The number of hydrogen-bond acceptors (Lipinski definition) is 2. The standard InChI is InChI=1S/C25H42O2/c1-9-19(5)20-11-13-21(14-12-20)26-24(25(6,7)8)27-23-16-18(4)10-15-22(23)17(2)3/h11-14,17-19,22-24H,9-10,15-16H2,1-8H3. The molecule has 5 atom stereocenters. The molecule has 2 nitrogen and oxygen atoms in total. The Morgan fingerprint density at radius 2 is 1.67 bits per heavy atom. The molecule has 1 aliphatic rings. The van der Waals surface area contributed by atoms with Crippen LogP contribution in [0.5, 0.6) is 5.75 Å². The Balaban J connectivity index is 2.13. The minimum absolute atomic E-state index is 0.0718. The topological polar surface area (TPSA) is 18.5 Å². The molecule has 1 aromatic carbocycles. The maximum Gasteiger partial charge on any atom is 0.204 e. The van der Waals surface area contributed by atoms with Gasteiger partial charge in [0.05, 0.1) is 6.10 Å². The summed E-state index contributed by atoms with van der Waals surface area (Å²) in [5.74, 6) is 3.51. The molecule has 27 heavy (non-hydrogen) atoms. The van der Waals surface area contributed by atoms with Crippen molar-refractivity contribution in [2.75, 3.05) is 0 Å². The fraction of sp³-hybridized carbons (Fsp3) is 0.760. The first-order valence-electron chi connectivity index (χ1n) is 11.0. The molecule has 0 radical (unpaired) electrons. The predicted octanol–water partition coefficient (Wildman–Crippen LogP) is 7.43. The minimum Gasteiger partial charge on any atom is -0.464 e. The van der Waals surface area contributed by atoms with E-state index in [0.29, 0.717) is 17.8 Å². The van der Waals surface area contributed by atoms with Crippen LogP contribution in [0.3, 0.4) is 0 Å². The minimum atomic E-state index is -0.233. The van der Waals surface area contributed by atoms with E-state index in [4.69, 9.17) is 9.47 Å². The van der Waals surface area contributed by atoms with E-state index in [9.17, 15) is 0 Å². The molecular weight excluding hydrogens is 332 g/mol.